The fraction of sp³-hybridized carbons (Fsp3) is 0.467. The van der Waals surface area contributed by atoms with E-state index in [1.807, 2.05) is 6.07 Å². The molecule has 3 amide bonds. The number of hydrogen-bond donors (Lipinski definition) is 3. The topological polar surface area (TPSA) is 123 Å². The van der Waals surface area contributed by atoms with E-state index < -0.39 is 59.6 Å². The lowest BCUT2D eigenvalue weighted by Gasteiger charge is -2.34. The van der Waals surface area contributed by atoms with Gasteiger partial charge in [-0.25, -0.2) is 8.78 Å². The second kappa shape index (κ2) is 9.66. The molecule has 4 aliphatic rings. The first-order valence-corrected chi connectivity index (χ1v) is 13.7. The molecule has 3 N–H and O–H groups in total. The van der Waals surface area contributed by atoms with Crippen molar-refractivity contribution < 1.29 is 28.3 Å². The number of rotatable bonds is 5. The number of amides is 3. The average molecular weight is 549 g/mol. The second-order valence-electron chi connectivity index (χ2n) is 11.3. The van der Waals surface area contributed by atoms with Crippen LogP contribution in [0.4, 0.5) is 8.78 Å². The van der Waals surface area contributed by atoms with Gasteiger partial charge in [0.05, 0.1) is 6.07 Å². The molecule has 2 heterocycles. The Morgan fingerprint density at radius 3 is 2.40 bits per heavy atom. The van der Waals surface area contributed by atoms with Gasteiger partial charge in [-0.15, -0.1) is 0 Å². The summed E-state index contributed by atoms with van der Waals surface area (Å²) in [5.74, 6) is -7.33. The zero-order valence-corrected chi connectivity index (χ0v) is 21.8. The predicted molar refractivity (Wildman–Crippen MR) is 139 cm³/mol. The van der Waals surface area contributed by atoms with E-state index >= 15 is 0 Å². The van der Waals surface area contributed by atoms with E-state index in [0.29, 0.717) is 35.2 Å². The van der Waals surface area contributed by atoms with E-state index in [4.69, 9.17) is 0 Å². The van der Waals surface area contributed by atoms with Crippen molar-refractivity contribution in [3.05, 3.63) is 59.7 Å². The number of halogens is 2. The molecule has 208 valence electrons. The minimum absolute atomic E-state index is 0.0351. The standard InChI is InChI=1S/C30H30F2N4O4/c31-29(32)12-11-21-24(29)16-36(25(21)27(38)35-18(15-33)14-17-6-5-13-34-26(17)37)28(39)30(40)22-9-3-1-7-19(22)20-8-2-4-10-23(20)30/h1-4,7-10,17-18,21,24-25,40H,5-6,11-14,16H2,(H,34,37)(H,35,38)/t17-,18+,21+,24+,25+/m1/s1. The third-order valence-electron chi connectivity index (χ3n) is 9.16. The Morgan fingerprint density at radius 2 is 1.77 bits per heavy atom. The first kappa shape index (κ1) is 26.4. The predicted octanol–water partition coefficient (Wildman–Crippen LogP) is 2.70. The van der Waals surface area contributed by atoms with E-state index in [0.717, 1.165) is 11.3 Å². The lowest BCUT2D eigenvalue weighted by Crippen LogP contribution is -2.56. The summed E-state index contributed by atoms with van der Waals surface area (Å²) in [6, 6.07) is 13.5. The number of alkyl halides is 2. The van der Waals surface area contributed by atoms with Crippen LogP contribution in [0.2, 0.25) is 0 Å². The van der Waals surface area contributed by atoms with Crippen LogP contribution >= 0.6 is 0 Å². The van der Waals surface area contributed by atoms with Crippen LogP contribution in [0.15, 0.2) is 48.5 Å². The highest BCUT2D eigenvalue weighted by Gasteiger charge is 2.63. The Morgan fingerprint density at radius 1 is 1.12 bits per heavy atom. The first-order chi connectivity index (χ1) is 19.2. The zero-order chi connectivity index (χ0) is 28.2. The van der Waals surface area contributed by atoms with Crippen molar-refractivity contribution in [1.82, 2.24) is 15.5 Å². The molecule has 2 saturated heterocycles. The summed E-state index contributed by atoms with van der Waals surface area (Å²) < 4.78 is 30.0. The molecule has 2 aromatic rings. The van der Waals surface area contributed by atoms with Crippen LogP contribution in [0.1, 0.15) is 43.2 Å². The highest BCUT2D eigenvalue weighted by Crippen LogP contribution is 2.54. The van der Waals surface area contributed by atoms with Crippen LogP contribution in [-0.2, 0) is 20.0 Å². The fourth-order valence-corrected chi connectivity index (χ4v) is 7.20. The summed E-state index contributed by atoms with van der Waals surface area (Å²) in [5, 5.41) is 27.3. The summed E-state index contributed by atoms with van der Waals surface area (Å²) in [4.78, 5) is 41.4. The van der Waals surface area contributed by atoms with E-state index in [1.54, 1.807) is 48.5 Å². The molecule has 8 nitrogen and oxygen atoms in total. The van der Waals surface area contributed by atoms with Crippen molar-refractivity contribution in [2.45, 2.75) is 55.7 Å². The Labute approximate surface area is 230 Å². The van der Waals surface area contributed by atoms with Crippen molar-refractivity contribution in [3.63, 3.8) is 0 Å². The summed E-state index contributed by atoms with van der Waals surface area (Å²) in [7, 11) is 0. The number of benzene rings is 2. The first-order valence-electron chi connectivity index (χ1n) is 13.7. The third kappa shape index (κ3) is 3.98. The average Bonchev–Trinajstić information content (AvgIpc) is 3.58. The van der Waals surface area contributed by atoms with Crippen molar-refractivity contribution >= 4 is 17.7 Å². The van der Waals surface area contributed by atoms with Gasteiger partial charge in [0.25, 0.3) is 11.8 Å². The minimum atomic E-state index is -3.07. The van der Waals surface area contributed by atoms with Gasteiger partial charge in [0.15, 0.2) is 5.60 Å². The summed E-state index contributed by atoms with van der Waals surface area (Å²) >= 11 is 0. The molecule has 0 bridgehead atoms. The SMILES string of the molecule is N#C[C@H](C[C@H]1CCCNC1=O)NC(=O)[C@@H]1[C@H]2CCC(F)(F)[C@H]2CN1C(=O)C1(O)c2ccccc2-c2ccccc21. The Balaban J connectivity index is 1.33. The van der Waals surface area contributed by atoms with Crippen molar-refractivity contribution in [1.29, 1.82) is 5.26 Å². The number of fused-ring (bicyclic) bond motifs is 4. The van der Waals surface area contributed by atoms with Crippen LogP contribution in [0.25, 0.3) is 11.1 Å². The molecule has 0 aromatic heterocycles. The number of piperidine rings is 1. The van der Waals surface area contributed by atoms with Crippen LogP contribution in [0, 0.1) is 29.1 Å². The molecule has 40 heavy (non-hydrogen) atoms. The molecule has 1 saturated carbocycles. The van der Waals surface area contributed by atoms with Crippen LogP contribution in [0.3, 0.4) is 0 Å². The van der Waals surface area contributed by atoms with E-state index in [9.17, 15) is 33.5 Å². The number of nitrogens with zero attached hydrogens (tertiary/aromatic N) is 2. The second-order valence-corrected chi connectivity index (χ2v) is 11.3. The molecule has 2 aliphatic heterocycles. The minimum Gasteiger partial charge on any atom is -0.372 e. The van der Waals surface area contributed by atoms with Crippen LogP contribution < -0.4 is 10.6 Å². The van der Waals surface area contributed by atoms with Crippen LogP contribution in [-0.4, -0.2) is 58.8 Å². The van der Waals surface area contributed by atoms with Gasteiger partial charge in [0.2, 0.25) is 11.8 Å². The Hall–Kier alpha value is -3.84. The van der Waals surface area contributed by atoms with Gasteiger partial charge in [0, 0.05) is 42.5 Å². The number of nitrogens with one attached hydrogen (secondary N) is 2. The maximum Gasteiger partial charge on any atom is 0.264 e. The van der Waals surface area contributed by atoms with Gasteiger partial charge < -0.3 is 20.6 Å². The van der Waals surface area contributed by atoms with E-state index in [1.165, 1.54) is 0 Å². The number of carbonyl (C=O) groups excluding carboxylic acids is 3. The largest absolute Gasteiger partial charge is 0.372 e. The summed E-state index contributed by atoms with van der Waals surface area (Å²) in [5.41, 5.74) is -0.163. The van der Waals surface area contributed by atoms with E-state index in [2.05, 4.69) is 10.6 Å². The lowest BCUT2D eigenvalue weighted by molar-refractivity contribution is -0.153. The van der Waals surface area contributed by atoms with Crippen molar-refractivity contribution in [3.8, 4) is 17.2 Å². The maximum atomic E-state index is 15.0. The highest BCUT2D eigenvalue weighted by molar-refractivity contribution is 6.01. The Bertz CT molecular complexity index is 1380. The van der Waals surface area contributed by atoms with Gasteiger partial charge >= 0.3 is 0 Å². The fourth-order valence-electron chi connectivity index (χ4n) is 7.20. The molecule has 0 radical (unpaired) electrons. The summed E-state index contributed by atoms with van der Waals surface area (Å²) in [6.07, 6.45) is 1.07. The smallest absolute Gasteiger partial charge is 0.264 e. The van der Waals surface area contributed by atoms with Gasteiger partial charge in [-0.05, 0) is 42.7 Å². The molecule has 0 unspecified atom stereocenters. The zero-order valence-electron chi connectivity index (χ0n) is 21.8. The molecule has 3 fully saturated rings. The highest BCUT2D eigenvalue weighted by atomic mass is 19.3. The third-order valence-corrected chi connectivity index (χ3v) is 9.16. The molecule has 10 heteroatoms. The number of nitriles is 1. The molecule has 0 spiro atoms. The molecule has 6 rings (SSSR count). The maximum absolute atomic E-state index is 15.0. The van der Waals surface area contributed by atoms with Gasteiger partial charge in [-0.1, -0.05) is 48.5 Å². The molecule has 2 aliphatic carbocycles. The molecule has 2 aromatic carbocycles. The number of likely N-dealkylation sites (tertiary alicyclic amines) is 1. The summed E-state index contributed by atoms with van der Waals surface area (Å²) in [6.45, 7) is 0.175. The van der Waals surface area contributed by atoms with Crippen LogP contribution in [0.5, 0.6) is 0 Å². The monoisotopic (exact) mass is 548 g/mol. The number of carbonyl (C=O) groups is 3. The van der Waals surface area contributed by atoms with Gasteiger partial charge in [-0.2, -0.15) is 5.26 Å². The molecular weight excluding hydrogens is 518 g/mol. The molecular formula is C30H30F2N4O4. The van der Waals surface area contributed by atoms with Gasteiger partial charge in [-0.3, -0.25) is 14.4 Å². The number of hydrogen-bond acceptors (Lipinski definition) is 5. The lowest BCUT2D eigenvalue weighted by atomic mass is 9.88. The quantitative estimate of drug-likeness (QED) is 0.531. The Kier molecular flexibility index (Phi) is 6.37. The van der Waals surface area contributed by atoms with Gasteiger partial charge in [0.1, 0.15) is 12.1 Å². The molecule has 5 atom stereocenters. The van der Waals surface area contributed by atoms with Crippen molar-refractivity contribution in [2.24, 2.45) is 17.8 Å². The normalized spacial score (nSPS) is 28.1. The van der Waals surface area contributed by atoms with E-state index in [-0.39, 0.29) is 25.3 Å². The number of aliphatic hydroxyl groups is 1. The van der Waals surface area contributed by atoms with Crippen molar-refractivity contribution in [2.75, 3.05) is 13.1 Å².